The van der Waals surface area contributed by atoms with E-state index in [-0.39, 0.29) is 0 Å². The van der Waals surface area contributed by atoms with Crippen LogP contribution < -0.4 is 15.5 Å². The molecule has 0 aliphatic carbocycles. The maximum Gasteiger partial charge on any atom is 0.330 e. The molecule has 0 atom stereocenters. The van der Waals surface area contributed by atoms with Crippen molar-refractivity contribution in [2.75, 3.05) is 11.4 Å². The van der Waals surface area contributed by atoms with Gasteiger partial charge in [-0.3, -0.25) is 4.68 Å². The number of aryl methyl sites for hydroxylation is 2. The van der Waals surface area contributed by atoms with Gasteiger partial charge in [-0.15, -0.1) is 0 Å². The number of carbonyl (C=O) groups excluding carboxylic acids is 2. The van der Waals surface area contributed by atoms with Gasteiger partial charge >= 0.3 is 12.1 Å². The van der Waals surface area contributed by atoms with Crippen molar-refractivity contribution in [3.63, 3.8) is 0 Å². The summed E-state index contributed by atoms with van der Waals surface area (Å²) >= 11 is 0. The predicted octanol–water partition coefficient (Wildman–Crippen LogP) is 2.98. The second-order valence-corrected chi connectivity index (χ2v) is 6.51. The molecule has 0 saturated carbocycles. The number of urea groups is 2. The van der Waals surface area contributed by atoms with Crippen LogP contribution in [0.5, 0.6) is 0 Å². The van der Waals surface area contributed by atoms with Crippen LogP contribution in [0.2, 0.25) is 0 Å². The zero-order valence-electron chi connectivity index (χ0n) is 16.7. The monoisotopic (exact) mass is 396 g/mol. The van der Waals surface area contributed by atoms with Crippen LogP contribution in [0.4, 0.5) is 15.3 Å². The Morgan fingerprint density at radius 2 is 1.86 bits per heavy atom. The number of rotatable bonds is 6. The second kappa shape index (κ2) is 9.05. The molecule has 2 aromatic heterocycles. The van der Waals surface area contributed by atoms with E-state index >= 15 is 0 Å². The zero-order valence-corrected chi connectivity index (χ0v) is 16.7. The van der Waals surface area contributed by atoms with Crippen LogP contribution in [0.25, 0.3) is 0 Å². The molecule has 2 heterocycles. The number of imide groups is 1. The molecule has 0 unspecified atom stereocenters. The highest BCUT2D eigenvalue weighted by atomic mass is 16.5. The molecule has 0 aliphatic rings. The fraction of sp³-hybridized carbons (Fsp3) is 0.300. The Labute approximate surface area is 168 Å². The highest BCUT2D eigenvalue weighted by Crippen LogP contribution is 2.18. The van der Waals surface area contributed by atoms with E-state index in [4.69, 9.17) is 4.52 Å². The van der Waals surface area contributed by atoms with Gasteiger partial charge in [0.25, 0.3) is 0 Å². The van der Waals surface area contributed by atoms with Gasteiger partial charge in [-0.05, 0) is 26.3 Å². The Kier molecular flexibility index (Phi) is 6.28. The van der Waals surface area contributed by atoms with Crippen LogP contribution in [0.1, 0.15) is 29.5 Å². The molecule has 0 radical (unpaired) electrons. The van der Waals surface area contributed by atoms with Gasteiger partial charge < -0.3 is 15.2 Å². The molecular formula is C20H24N6O3. The fourth-order valence-corrected chi connectivity index (χ4v) is 2.85. The standard InChI is InChI=1S/C20H24N6O3/c1-4-21-19(27)26(20(28)22-10-16-8-6-5-7-9-16)17-11-23-25(12-17)13-18-14(2)24-29-15(18)3/h5-9,11-12H,4,10,13H2,1-3H3,(H,21,27)(H,22,28). The minimum atomic E-state index is -0.531. The minimum absolute atomic E-state index is 0.308. The number of nitrogens with zero attached hydrogens (tertiary/aromatic N) is 4. The molecule has 0 fully saturated rings. The van der Waals surface area contributed by atoms with Crippen molar-refractivity contribution in [2.45, 2.75) is 33.9 Å². The van der Waals surface area contributed by atoms with Gasteiger partial charge in [-0.1, -0.05) is 35.5 Å². The molecule has 1 aromatic carbocycles. The number of hydrogen-bond donors (Lipinski definition) is 2. The van der Waals surface area contributed by atoms with Gasteiger partial charge in [0.1, 0.15) is 5.76 Å². The quantitative estimate of drug-likeness (QED) is 0.666. The summed E-state index contributed by atoms with van der Waals surface area (Å²) in [5.41, 5.74) is 3.00. The third-order valence-corrected chi connectivity index (χ3v) is 4.40. The molecule has 0 saturated heterocycles. The summed E-state index contributed by atoms with van der Waals surface area (Å²) in [4.78, 5) is 26.3. The molecule has 9 nitrogen and oxygen atoms in total. The lowest BCUT2D eigenvalue weighted by atomic mass is 10.2. The average Bonchev–Trinajstić information content (AvgIpc) is 3.29. The van der Waals surface area contributed by atoms with E-state index in [1.165, 1.54) is 6.20 Å². The van der Waals surface area contributed by atoms with Crippen molar-refractivity contribution in [2.24, 2.45) is 0 Å². The molecule has 0 aliphatic heterocycles. The van der Waals surface area contributed by atoms with Crippen molar-refractivity contribution < 1.29 is 14.1 Å². The van der Waals surface area contributed by atoms with Crippen LogP contribution >= 0.6 is 0 Å². The maximum absolute atomic E-state index is 12.8. The van der Waals surface area contributed by atoms with Gasteiger partial charge in [0.05, 0.1) is 24.1 Å². The maximum atomic E-state index is 12.8. The van der Waals surface area contributed by atoms with E-state index in [0.717, 1.165) is 21.7 Å². The average molecular weight is 396 g/mol. The summed E-state index contributed by atoms with van der Waals surface area (Å²) in [5, 5.41) is 13.7. The summed E-state index contributed by atoms with van der Waals surface area (Å²) in [7, 11) is 0. The van der Waals surface area contributed by atoms with Gasteiger partial charge in [0.2, 0.25) is 0 Å². The van der Waals surface area contributed by atoms with Crippen LogP contribution in [0.3, 0.4) is 0 Å². The third-order valence-electron chi connectivity index (χ3n) is 4.40. The van der Waals surface area contributed by atoms with Crippen molar-refractivity contribution in [1.82, 2.24) is 25.6 Å². The first-order valence-electron chi connectivity index (χ1n) is 9.33. The molecular weight excluding hydrogens is 372 g/mol. The molecule has 152 valence electrons. The lowest BCUT2D eigenvalue weighted by Crippen LogP contribution is -2.48. The van der Waals surface area contributed by atoms with Crippen LogP contribution in [0, 0.1) is 13.8 Å². The van der Waals surface area contributed by atoms with Gasteiger partial charge in [0.15, 0.2) is 0 Å². The SMILES string of the molecule is CCNC(=O)N(C(=O)NCc1ccccc1)c1cnn(Cc2c(C)noc2C)c1. The number of nitrogens with one attached hydrogen (secondary N) is 2. The van der Waals surface area contributed by atoms with E-state index in [0.29, 0.717) is 31.1 Å². The Morgan fingerprint density at radius 1 is 1.14 bits per heavy atom. The molecule has 4 amide bonds. The number of aromatic nitrogens is 3. The second-order valence-electron chi connectivity index (χ2n) is 6.51. The number of carbonyl (C=O) groups is 2. The number of amides is 4. The van der Waals surface area contributed by atoms with Crippen LogP contribution in [0.15, 0.2) is 47.2 Å². The Morgan fingerprint density at radius 3 is 2.52 bits per heavy atom. The summed E-state index contributed by atoms with van der Waals surface area (Å²) in [6.07, 6.45) is 3.12. The van der Waals surface area contributed by atoms with Gasteiger partial charge in [-0.2, -0.15) is 5.10 Å². The van der Waals surface area contributed by atoms with E-state index in [2.05, 4.69) is 20.9 Å². The topological polar surface area (TPSA) is 105 Å². The Balaban J connectivity index is 1.77. The first kappa shape index (κ1) is 20.1. The Hall–Kier alpha value is -3.62. The smallest absolute Gasteiger partial charge is 0.330 e. The number of anilines is 1. The molecule has 9 heteroatoms. The molecule has 3 aromatic rings. The van der Waals surface area contributed by atoms with Crippen molar-refractivity contribution in [3.05, 3.63) is 65.3 Å². The van der Waals surface area contributed by atoms with E-state index in [1.54, 1.807) is 17.8 Å². The largest absolute Gasteiger partial charge is 0.361 e. The molecule has 0 spiro atoms. The number of benzene rings is 1. The van der Waals surface area contributed by atoms with E-state index in [1.807, 2.05) is 44.2 Å². The molecule has 29 heavy (non-hydrogen) atoms. The summed E-state index contributed by atoms with van der Waals surface area (Å²) < 4.78 is 6.81. The normalized spacial score (nSPS) is 10.6. The summed E-state index contributed by atoms with van der Waals surface area (Å²) in [6.45, 7) is 6.61. The van der Waals surface area contributed by atoms with E-state index in [9.17, 15) is 9.59 Å². The summed E-state index contributed by atoms with van der Waals surface area (Å²) in [5.74, 6) is 0.709. The van der Waals surface area contributed by atoms with Crippen molar-refractivity contribution in [3.8, 4) is 0 Å². The van der Waals surface area contributed by atoms with Crippen molar-refractivity contribution >= 4 is 17.7 Å². The lowest BCUT2D eigenvalue weighted by molar-refractivity contribution is 0.234. The fourth-order valence-electron chi connectivity index (χ4n) is 2.85. The molecule has 0 bridgehead atoms. The highest BCUT2D eigenvalue weighted by Gasteiger charge is 2.24. The lowest BCUT2D eigenvalue weighted by Gasteiger charge is -2.20. The first-order chi connectivity index (χ1) is 14.0. The minimum Gasteiger partial charge on any atom is -0.361 e. The van der Waals surface area contributed by atoms with Gasteiger partial charge in [-0.25, -0.2) is 14.5 Å². The highest BCUT2D eigenvalue weighted by molar-refractivity contribution is 6.13. The van der Waals surface area contributed by atoms with Gasteiger partial charge in [0, 0.05) is 24.8 Å². The third kappa shape index (κ3) is 4.81. The number of hydrogen-bond acceptors (Lipinski definition) is 5. The predicted molar refractivity (Wildman–Crippen MR) is 108 cm³/mol. The van der Waals surface area contributed by atoms with Crippen LogP contribution in [-0.2, 0) is 13.1 Å². The zero-order chi connectivity index (χ0) is 20.8. The molecule has 3 rings (SSSR count). The first-order valence-corrected chi connectivity index (χ1v) is 9.33. The van der Waals surface area contributed by atoms with Crippen LogP contribution in [-0.4, -0.2) is 33.5 Å². The van der Waals surface area contributed by atoms with Crippen molar-refractivity contribution in [1.29, 1.82) is 0 Å². The molecule has 2 N–H and O–H groups in total. The summed E-state index contributed by atoms with van der Waals surface area (Å²) in [6, 6.07) is 8.44. The van der Waals surface area contributed by atoms with E-state index < -0.39 is 12.1 Å². The Bertz CT molecular complexity index is 960.